The van der Waals surface area contributed by atoms with E-state index in [0.29, 0.717) is 13.0 Å². The Bertz CT molecular complexity index is 697. The molecule has 0 fully saturated rings. The topological polar surface area (TPSA) is 117 Å². The minimum atomic E-state index is -4.24. The fourth-order valence-electron chi connectivity index (χ4n) is 5.80. The normalized spacial score (nSPS) is 13.5. The van der Waals surface area contributed by atoms with Gasteiger partial charge >= 0.3 is 13.8 Å². The van der Waals surface area contributed by atoms with Gasteiger partial charge < -0.3 is 20.1 Å². The van der Waals surface area contributed by atoms with Crippen molar-refractivity contribution in [2.45, 2.75) is 206 Å². The van der Waals surface area contributed by atoms with Crippen molar-refractivity contribution >= 4 is 13.8 Å². The lowest BCUT2D eigenvalue weighted by atomic mass is 10.0. The molecule has 0 aliphatic rings. The molecule has 282 valence electrons. The lowest BCUT2D eigenvalue weighted by molar-refractivity contribution is -0.154. The van der Waals surface area contributed by atoms with Crippen LogP contribution in [-0.4, -0.2) is 49.9 Å². The molecule has 2 atom stereocenters. The van der Waals surface area contributed by atoms with E-state index in [1.165, 1.54) is 154 Å². The third kappa shape index (κ3) is 36.6. The third-order valence-corrected chi connectivity index (χ3v) is 9.76. The van der Waals surface area contributed by atoms with Gasteiger partial charge in [-0.1, -0.05) is 181 Å². The fraction of sp³-hybridized carbons (Fsp3) is 0.974. The van der Waals surface area contributed by atoms with Gasteiger partial charge in [0.15, 0.2) is 0 Å². The standard InChI is InChI=1S/C38H78NO7P/c1-3-5-7-8-9-10-11-12-13-14-15-16-17-18-19-20-21-22-23-24-25-26-27-28-29-30-33-43-35-37(46-38(40)31-6-4-2)36-45-47(41,42)44-34-32-39/h37H,3-36,39H2,1-2H3,(H,41,42). The van der Waals surface area contributed by atoms with E-state index in [2.05, 4.69) is 6.92 Å². The van der Waals surface area contributed by atoms with Gasteiger partial charge in [-0.05, 0) is 12.8 Å². The van der Waals surface area contributed by atoms with E-state index in [1.54, 1.807) is 0 Å². The molecule has 0 aromatic rings. The van der Waals surface area contributed by atoms with E-state index >= 15 is 0 Å². The Labute approximate surface area is 291 Å². The number of nitrogens with two attached hydrogens (primary N) is 1. The predicted octanol–water partition coefficient (Wildman–Crippen LogP) is 11.4. The number of phosphoric acid groups is 1. The van der Waals surface area contributed by atoms with Gasteiger partial charge in [-0.25, -0.2) is 4.57 Å². The van der Waals surface area contributed by atoms with Crippen molar-refractivity contribution in [3.05, 3.63) is 0 Å². The first kappa shape index (κ1) is 46.5. The Kier molecular flexibility index (Phi) is 36.4. The molecule has 0 aliphatic carbocycles. The van der Waals surface area contributed by atoms with Gasteiger partial charge in [0.25, 0.3) is 0 Å². The van der Waals surface area contributed by atoms with Crippen molar-refractivity contribution in [2.24, 2.45) is 5.73 Å². The minimum Gasteiger partial charge on any atom is -0.457 e. The number of hydrogen-bond acceptors (Lipinski definition) is 7. The van der Waals surface area contributed by atoms with Gasteiger partial charge in [0.05, 0.1) is 19.8 Å². The predicted molar refractivity (Wildman–Crippen MR) is 197 cm³/mol. The average Bonchev–Trinajstić information content (AvgIpc) is 3.06. The fourth-order valence-corrected chi connectivity index (χ4v) is 6.56. The minimum absolute atomic E-state index is 0.0924. The maximum Gasteiger partial charge on any atom is 0.472 e. The molecule has 0 aromatic carbocycles. The summed E-state index contributed by atoms with van der Waals surface area (Å²) in [6.07, 6.45) is 36.8. The molecule has 0 amide bonds. The molecule has 0 aliphatic heterocycles. The van der Waals surface area contributed by atoms with Crippen LogP contribution >= 0.6 is 7.82 Å². The highest BCUT2D eigenvalue weighted by Crippen LogP contribution is 2.43. The number of phosphoric ester groups is 1. The zero-order chi connectivity index (χ0) is 34.5. The van der Waals surface area contributed by atoms with Crippen molar-refractivity contribution in [3.8, 4) is 0 Å². The van der Waals surface area contributed by atoms with Crippen molar-refractivity contribution in [1.29, 1.82) is 0 Å². The van der Waals surface area contributed by atoms with Crippen molar-refractivity contribution in [3.63, 3.8) is 0 Å². The average molecular weight is 692 g/mol. The summed E-state index contributed by atoms with van der Waals surface area (Å²) in [5.74, 6) is -0.361. The smallest absolute Gasteiger partial charge is 0.457 e. The lowest BCUT2D eigenvalue weighted by Gasteiger charge is -2.20. The zero-order valence-electron chi connectivity index (χ0n) is 31.0. The van der Waals surface area contributed by atoms with Crippen LogP contribution in [0.15, 0.2) is 0 Å². The van der Waals surface area contributed by atoms with Gasteiger partial charge in [0, 0.05) is 19.6 Å². The monoisotopic (exact) mass is 692 g/mol. The quantitative estimate of drug-likeness (QED) is 0.0371. The Morgan fingerprint density at radius 2 is 0.936 bits per heavy atom. The molecule has 47 heavy (non-hydrogen) atoms. The van der Waals surface area contributed by atoms with Crippen LogP contribution in [0.3, 0.4) is 0 Å². The zero-order valence-corrected chi connectivity index (χ0v) is 31.9. The number of carbonyl (C=O) groups is 1. The highest BCUT2D eigenvalue weighted by atomic mass is 31.2. The van der Waals surface area contributed by atoms with E-state index in [1.807, 2.05) is 6.92 Å². The lowest BCUT2D eigenvalue weighted by Crippen LogP contribution is -2.28. The van der Waals surface area contributed by atoms with Crippen molar-refractivity contribution in [1.82, 2.24) is 0 Å². The van der Waals surface area contributed by atoms with Gasteiger partial charge in [0.1, 0.15) is 6.10 Å². The number of carbonyl (C=O) groups excluding carboxylic acids is 1. The Hall–Kier alpha value is -0.500. The van der Waals surface area contributed by atoms with E-state index in [0.717, 1.165) is 25.7 Å². The summed E-state index contributed by atoms with van der Waals surface area (Å²) in [7, 11) is -4.24. The van der Waals surface area contributed by atoms with Crippen LogP contribution in [0.5, 0.6) is 0 Å². The van der Waals surface area contributed by atoms with Crippen LogP contribution in [0.2, 0.25) is 0 Å². The van der Waals surface area contributed by atoms with E-state index in [-0.39, 0.29) is 32.3 Å². The summed E-state index contributed by atoms with van der Waals surface area (Å²) < 4.78 is 32.8. The summed E-state index contributed by atoms with van der Waals surface area (Å²) in [4.78, 5) is 21.8. The number of hydrogen-bond donors (Lipinski definition) is 2. The maximum atomic E-state index is 12.1. The van der Waals surface area contributed by atoms with E-state index < -0.39 is 13.9 Å². The molecule has 0 bridgehead atoms. The second-order valence-electron chi connectivity index (χ2n) is 13.5. The molecule has 2 unspecified atom stereocenters. The first-order chi connectivity index (χ1) is 22.9. The highest BCUT2D eigenvalue weighted by Gasteiger charge is 2.25. The molecule has 0 radical (unpaired) electrons. The Morgan fingerprint density at radius 3 is 1.32 bits per heavy atom. The molecule has 0 spiro atoms. The third-order valence-electron chi connectivity index (χ3n) is 8.77. The molecule has 0 rings (SSSR count). The Morgan fingerprint density at radius 1 is 0.553 bits per heavy atom. The van der Waals surface area contributed by atoms with Crippen LogP contribution in [0.1, 0.15) is 200 Å². The summed E-state index contributed by atoms with van der Waals surface area (Å²) in [5.41, 5.74) is 5.31. The van der Waals surface area contributed by atoms with Gasteiger partial charge in [0.2, 0.25) is 0 Å². The van der Waals surface area contributed by atoms with Crippen molar-refractivity contribution < 1.29 is 32.8 Å². The summed E-state index contributed by atoms with van der Waals surface area (Å²) in [5, 5.41) is 0. The van der Waals surface area contributed by atoms with Crippen LogP contribution in [0.4, 0.5) is 0 Å². The maximum absolute atomic E-state index is 12.1. The van der Waals surface area contributed by atoms with Crippen LogP contribution in [0.25, 0.3) is 0 Å². The SMILES string of the molecule is CCCCCCCCCCCCCCCCCCCCCCCCCCCCOCC(COP(=O)(O)OCCN)OC(=O)CCCC. The number of esters is 1. The molecular weight excluding hydrogens is 613 g/mol. The molecule has 9 heteroatoms. The van der Waals surface area contributed by atoms with Crippen LogP contribution in [0, 0.1) is 0 Å². The first-order valence-electron chi connectivity index (χ1n) is 20.0. The first-order valence-corrected chi connectivity index (χ1v) is 21.5. The summed E-state index contributed by atoms with van der Waals surface area (Å²) in [6.45, 7) is 4.71. The second-order valence-corrected chi connectivity index (χ2v) is 15.0. The summed E-state index contributed by atoms with van der Waals surface area (Å²) in [6, 6.07) is 0. The molecule has 0 saturated carbocycles. The Balaban J connectivity index is 3.54. The number of ether oxygens (including phenoxy) is 2. The number of unbranched alkanes of at least 4 members (excludes halogenated alkanes) is 26. The molecule has 0 heterocycles. The highest BCUT2D eigenvalue weighted by molar-refractivity contribution is 7.47. The molecule has 0 aromatic heterocycles. The molecule has 0 saturated heterocycles. The second kappa shape index (κ2) is 36.8. The molecule has 3 N–H and O–H groups in total. The molecule has 8 nitrogen and oxygen atoms in total. The summed E-state index contributed by atoms with van der Waals surface area (Å²) >= 11 is 0. The van der Waals surface area contributed by atoms with E-state index in [4.69, 9.17) is 24.3 Å². The van der Waals surface area contributed by atoms with Crippen LogP contribution < -0.4 is 5.73 Å². The number of rotatable bonds is 39. The van der Waals surface area contributed by atoms with Crippen LogP contribution in [-0.2, 0) is 27.9 Å². The van der Waals surface area contributed by atoms with Crippen molar-refractivity contribution in [2.75, 3.05) is 33.0 Å². The largest absolute Gasteiger partial charge is 0.472 e. The molecular formula is C38H78NO7P. The van der Waals surface area contributed by atoms with Gasteiger partial charge in [-0.2, -0.15) is 0 Å². The van der Waals surface area contributed by atoms with E-state index in [9.17, 15) is 14.3 Å². The van der Waals surface area contributed by atoms with Gasteiger partial charge in [-0.15, -0.1) is 0 Å². The van der Waals surface area contributed by atoms with Gasteiger partial charge in [-0.3, -0.25) is 13.8 Å².